The van der Waals surface area contributed by atoms with Crippen molar-refractivity contribution < 1.29 is 24.2 Å². The molecule has 3 amide bonds. The summed E-state index contributed by atoms with van der Waals surface area (Å²) in [4.78, 5) is 41.5. The minimum absolute atomic E-state index is 0.186. The minimum Gasteiger partial charge on any atom is -0.508 e. The lowest BCUT2D eigenvalue weighted by molar-refractivity contribution is -0.129. The van der Waals surface area contributed by atoms with Crippen molar-refractivity contribution in [3.05, 3.63) is 59.9 Å². The van der Waals surface area contributed by atoms with Crippen LogP contribution in [-0.2, 0) is 32.0 Å². The van der Waals surface area contributed by atoms with Gasteiger partial charge in [-0.3, -0.25) is 19.4 Å². The van der Waals surface area contributed by atoms with E-state index in [2.05, 4.69) is 20.9 Å². The van der Waals surface area contributed by atoms with Gasteiger partial charge in [0.1, 0.15) is 11.8 Å². The fourth-order valence-electron chi connectivity index (χ4n) is 3.40. The van der Waals surface area contributed by atoms with Crippen LogP contribution in [0.1, 0.15) is 31.0 Å². The maximum atomic E-state index is 12.5. The zero-order valence-electron chi connectivity index (χ0n) is 18.6. The number of nitrogens with one attached hydrogen (secondary N) is 3. The summed E-state index contributed by atoms with van der Waals surface area (Å²) >= 11 is 0. The molecule has 0 saturated carbocycles. The van der Waals surface area contributed by atoms with Crippen LogP contribution in [0.2, 0.25) is 0 Å². The molecule has 1 aromatic carbocycles. The summed E-state index contributed by atoms with van der Waals surface area (Å²) in [5, 5.41) is 17.6. The number of carbonyl (C=O) groups is 3. The molecule has 1 unspecified atom stereocenters. The summed E-state index contributed by atoms with van der Waals surface area (Å²) in [5.74, 6) is -0.907. The van der Waals surface area contributed by atoms with Gasteiger partial charge in [-0.1, -0.05) is 31.5 Å². The van der Waals surface area contributed by atoms with Crippen LogP contribution in [0, 0.1) is 0 Å². The van der Waals surface area contributed by atoms with E-state index >= 15 is 0 Å². The van der Waals surface area contributed by atoms with Gasteiger partial charge in [-0.2, -0.15) is 0 Å². The summed E-state index contributed by atoms with van der Waals surface area (Å²) in [6, 6.07) is 11.6. The Hall–Kier alpha value is -3.46. The Morgan fingerprint density at radius 2 is 1.73 bits per heavy atom. The number of carbonyl (C=O) groups excluding carboxylic acids is 3. The Balaban J connectivity index is 1.39. The summed E-state index contributed by atoms with van der Waals surface area (Å²) in [7, 11) is 0. The number of pyridine rings is 1. The lowest BCUT2D eigenvalue weighted by Gasteiger charge is -2.17. The van der Waals surface area contributed by atoms with Gasteiger partial charge in [0.05, 0.1) is 0 Å². The lowest BCUT2D eigenvalue weighted by Crippen LogP contribution is -2.49. The van der Waals surface area contributed by atoms with Crippen LogP contribution in [0.4, 0.5) is 0 Å². The fraction of sp³-hybridized carbons (Fsp3) is 0.417. The summed E-state index contributed by atoms with van der Waals surface area (Å²) in [6.45, 7) is 2.73. The third kappa shape index (κ3) is 7.57. The molecule has 3 rings (SSSR count). The van der Waals surface area contributed by atoms with E-state index in [1.54, 1.807) is 30.5 Å². The SMILES string of the molecule is CCC[C@H](NC(=O)C1O[C@H]1C(=O)NCCc1ccc(O)cc1)C(=O)NCCc1ccccn1. The van der Waals surface area contributed by atoms with Gasteiger partial charge >= 0.3 is 0 Å². The second kappa shape index (κ2) is 12.0. The number of epoxide rings is 1. The van der Waals surface area contributed by atoms with Crippen LogP contribution >= 0.6 is 0 Å². The number of phenolic OH excluding ortho intramolecular Hbond substituents is 1. The van der Waals surface area contributed by atoms with Gasteiger partial charge < -0.3 is 25.8 Å². The van der Waals surface area contributed by atoms with Crippen LogP contribution in [-0.4, -0.2) is 59.2 Å². The van der Waals surface area contributed by atoms with Crippen molar-refractivity contribution in [2.24, 2.45) is 0 Å². The van der Waals surface area contributed by atoms with Crippen molar-refractivity contribution in [1.29, 1.82) is 0 Å². The van der Waals surface area contributed by atoms with Gasteiger partial charge in [0, 0.05) is 31.4 Å². The highest BCUT2D eigenvalue weighted by Gasteiger charge is 2.50. The van der Waals surface area contributed by atoms with Crippen molar-refractivity contribution in [2.45, 2.75) is 50.9 Å². The number of ether oxygens (including phenoxy) is 1. The van der Waals surface area contributed by atoms with E-state index in [1.807, 2.05) is 25.1 Å². The minimum atomic E-state index is -0.889. The first-order valence-electron chi connectivity index (χ1n) is 11.2. The second-order valence-electron chi connectivity index (χ2n) is 7.90. The first-order chi connectivity index (χ1) is 16.0. The molecule has 1 fully saturated rings. The molecular weight excluding hydrogens is 424 g/mol. The van der Waals surface area contributed by atoms with Gasteiger partial charge in [-0.25, -0.2) is 0 Å². The molecule has 2 heterocycles. The molecule has 1 aliphatic rings. The third-order valence-corrected chi connectivity index (χ3v) is 5.27. The lowest BCUT2D eigenvalue weighted by atomic mass is 10.1. The summed E-state index contributed by atoms with van der Waals surface area (Å²) in [5.41, 5.74) is 1.84. The normalized spacial score (nSPS) is 17.6. The molecule has 3 atom stereocenters. The number of hydrogen-bond acceptors (Lipinski definition) is 6. The van der Waals surface area contributed by atoms with Crippen molar-refractivity contribution in [3.63, 3.8) is 0 Å². The smallest absolute Gasteiger partial charge is 0.253 e. The monoisotopic (exact) mass is 454 g/mol. The number of benzene rings is 1. The summed E-state index contributed by atoms with van der Waals surface area (Å²) in [6.07, 6.45) is 2.35. The first kappa shape index (κ1) is 24.2. The molecular formula is C24H30N4O5. The van der Waals surface area contributed by atoms with E-state index in [9.17, 15) is 19.5 Å². The van der Waals surface area contributed by atoms with Gasteiger partial charge in [0.15, 0.2) is 12.2 Å². The number of hydrogen-bond donors (Lipinski definition) is 4. The fourth-order valence-corrected chi connectivity index (χ4v) is 3.40. The van der Waals surface area contributed by atoms with Gasteiger partial charge in [0.2, 0.25) is 5.91 Å². The zero-order chi connectivity index (χ0) is 23.6. The van der Waals surface area contributed by atoms with Crippen molar-refractivity contribution in [3.8, 4) is 5.75 Å². The van der Waals surface area contributed by atoms with Crippen molar-refractivity contribution in [2.75, 3.05) is 13.1 Å². The quantitative estimate of drug-likeness (QED) is 0.352. The van der Waals surface area contributed by atoms with E-state index < -0.39 is 24.2 Å². The van der Waals surface area contributed by atoms with E-state index in [0.29, 0.717) is 38.8 Å². The van der Waals surface area contributed by atoms with Gasteiger partial charge in [0.25, 0.3) is 11.8 Å². The summed E-state index contributed by atoms with van der Waals surface area (Å²) < 4.78 is 5.26. The van der Waals surface area contributed by atoms with E-state index in [4.69, 9.17) is 4.74 Å². The number of aromatic nitrogens is 1. The van der Waals surface area contributed by atoms with Crippen molar-refractivity contribution in [1.82, 2.24) is 20.9 Å². The Morgan fingerprint density at radius 1 is 1.00 bits per heavy atom. The molecule has 0 aliphatic carbocycles. The predicted octanol–water partition coefficient (Wildman–Crippen LogP) is 0.857. The number of amides is 3. The number of phenols is 1. The van der Waals surface area contributed by atoms with Crippen molar-refractivity contribution >= 4 is 17.7 Å². The van der Waals surface area contributed by atoms with E-state index in [0.717, 1.165) is 11.3 Å². The van der Waals surface area contributed by atoms with E-state index in [-0.39, 0.29) is 17.6 Å². The highest BCUT2D eigenvalue weighted by atomic mass is 16.6. The number of nitrogens with zero attached hydrogens (tertiary/aromatic N) is 1. The number of aromatic hydroxyl groups is 1. The third-order valence-electron chi connectivity index (χ3n) is 5.27. The second-order valence-corrected chi connectivity index (χ2v) is 7.90. The molecule has 0 spiro atoms. The van der Waals surface area contributed by atoms with Gasteiger partial charge in [-0.15, -0.1) is 0 Å². The molecule has 4 N–H and O–H groups in total. The average molecular weight is 455 g/mol. The maximum absolute atomic E-state index is 12.5. The molecule has 1 aliphatic heterocycles. The predicted molar refractivity (Wildman–Crippen MR) is 121 cm³/mol. The average Bonchev–Trinajstić information content (AvgIpc) is 3.62. The highest BCUT2D eigenvalue weighted by Crippen LogP contribution is 2.22. The first-order valence-corrected chi connectivity index (χ1v) is 11.2. The Labute approximate surface area is 192 Å². The molecule has 2 aromatic rings. The largest absolute Gasteiger partial charge is 0.508 e. The molecule has 0 radical (unpaired) electrons. The Morgan fingerprint density at radius 3 is 2.42 bits per heavy atom. The molecule has 0 bridgehead atoms. The topological polar surface area (TPSA) is 133 Å². The molecule has 1 aromatic heterocycles. The standard InChI is InChI=1S/C24H30N4O5/c1-2-5-19(22(30)26-15-12-17-6-3-4-13-25-17)28-24(32)21-20(33-21)23(31)27-14-11-16-7-9-18(29)10-8-16/h3-4,6-10,13,19-21,29H,2,5,11-12,14-15H2,1H3,(H,26,30)(H,27,31)(H,28,32)/t19-,20+,21?/m0/s1. The number of rotatable bonds is 12. The zero-order valence-corrected chi connectivity index (χ0v) is 18.6. The van der Waals surface area contributed by atoms with Gasteiger partial charge in [-0.05, 0) is 42.7 Å². The van der Waals surface area contributed by atoms with Crippen LogP contribution in [0.25, 0.3) is 0 Å². The Kier molecular flexibility index (Phi) is 8.77. The molecule has 9 nitrogen and oxygen atoms in total. The van der Waals surface area contributed by atoms with Crippen LogP contribution in [0.3, 0.4) is 0 Å². The van der Waals surface area contributed by atoms with Crippen LogP contribution in [0.5, 0.6) is 5.75 Å². The van der Waals surface area contributed by atoms with Crippen LogP contribution < -0.4 is 16.0 Å². The maximum Gasteiger partial charge on any atom is 0.253 e. The Bertz CT molecular complexity index is 936. The van der Waals surface area contributed by atoms with E-state index in [1.165, 1.54) is 0 Å². The molecule has 176 valence electrons. The molecule has 33 heavy (non-hydrogen) atoms. The van der Waals surface area contributed by atoms with Crippen LogP contribution in [0.15, 0.2) is 48.7 Å². The molecule has 9 heteroatoms. The molecule has 1 saturated heterocycles. The highest BCUT2D eigenvalue weighted by molar-refractivity contribution is 5.97.